The minimum Gasteiger partial charge on any atom is -0.306 e. The lowest BCUT2D eigenvalue weighted by molar-refractivity contribution is 0.483. The number of halogens is 1. The van der Waals surface area contributed by atoms with Crippen LogP contribution in [0.4, 0.5) is 5.95 Å². The second kappa shape index (κ2) is 8.10. The molecule has 2 heterocycles. The highest BCUT2D eigenvalue weighted by atomic mass is 35.5. The Labute approximate surface area is 178 Å². The standard InChI is InChI=1S/C21H25ClN6O2/c1-13-4-10-16(11-5-13)24-25-20-23-18-17(26(20)2)19(29)28(21(30)27(18)3)12-14-6-8-15(22)9-7-14/h6-9,13H,4-5,10-12H2,1-3H3,(H,23,25). The van der Waals surface area contributed by atoms with Gasteiger partial charge in [-0.3, -0.25) is 13.9 Å². The molecular weight excluding hydrogens is 404 g/mol. The molecule has 2 aromatic heterocycles. The second-order valence-corrected chi connectivity index (χ2v) is 8.43. The van der Waals surface area contributed by atoms with Gasteiger partial charge in [-0.15, -0.1) is 0 Å². The third-order valence-electron chi connectivity index (χ3n) is 5.78. The third-order valence-corrected chi connectivity index (χ3v) is 6.03. The lowest BCUT2D eigenvalue weighted by atomic mass is 9.90. The van der Waals surface area contributed by atoms with Gasteiger partial charge in [-0.25, -0.2) is 10.2 Å². The Kier molecular flexibility index (Phi) is 5.51. The summed E-state index contributed by atoms with van der Waals surface area (Å²) in [6.07, 6.45) is 4.19. The number of nitrogens with one attached hydrogen (secondary N) is 1. The van der Waals surface area contributed by atoms with Crippen LogP contribution in [-0.4, -0.2) is 24.4 Å². The summed E-state index contributed by atoms with van der Waals surface area (Å²) in [6.45, 7) is 2.41. The van der Waals surface area contributed by atoms with Crippen molar-refractivity contribution in [3.63, 3.8) is 0 Å². The van der Waals surface area contributed by atoms with Crippen LogP contribution in [0.1, 0.15) is 38.2 Å². The number of aromatic nitrogens is 4. The molecule has 158 valence electrons. The Morgan fingerprint density at radius 3 is 2.47 bits per heavy atom. The third kappa shape index (κ3) is 3.79. The van der Waals surface area contributed by atoms with Gasteiger partial charge in [-0.2, -0.15) is 10.1 Å². The predicted octanol–water partition coefficient (Wildman–Crippen LogP) is 3.11. The molecule has 0 atom stereocenters. The molecule has 0 aliphatic heterocycles. The molecule has 4 rings (SSSR count). The van der Waals surface area contributed by atoms with Gasteiger partial charge in [-0.1, -0.05) is 30.7 Å². The van der Waals surface area contributed by atoms with E-state index in [2.05, 4.69) is 22.4 Å². The molecule has 0 amide bonds. The number of anilines is 1. The van der Waals surface area contributed by atoms with Crippen molar-refractivity contribution < 1.29 is 0 Å². The lowest BCUT2D eigenvalue weighted by Gasteiger charge is -2.18. The molecule has 0 saturated heterocycles. The lowest BCUT2D eigenvalue weighted by Crippen LogP contribution is -2.39. The zero-order chi connectivity index (χ0) is 21.4. The van der Waals surface area contributed by atoms with Crippen LogP contribution in [0.15, 0.2) is 39.0 Å². The highest BCUT2D eigenvalue weighted by Gasteiger charge is 2.19. The molecule has 1 N–H and O–H groups in total. The molecule has 0 bridgehead atoms. The number of imidazole rings is 1. The molecule has 3 aromatic rings. The molecule has 1 aromatic carbocycles. The number of benzene rings is 1. The summed E-state index contributed by atoms with van der Waals surface area (Å²) in [7, 11) is 3.37. The van der Waals surface area contributed by atoms with E-state index >= 15 is 0 Å². The van der Waals surface area contributed by atoms with Crippen LogP contribution in [0.25, 0.3) is 11.2 Å². The topological polar surface area (TPSA) is 86.2 Å². The highest BCUT2D eigenvalue weighted by molar-refractivity contribution is 6.30. The number of hydrogen-bond acceptors (Lipinski definition) is 5. The largest absolute Gasteiger partial charge is 0.332 e. The van der Waals surface area contributed by atoms with Crippen molar-refractivity contribution in [2.75, 3.05) is 5.43 Å². The zero-order valence-corrected chi connectivity index (χ0v) is 18.1. The van der Waals surface area contributed by atoms with Gasteiger partial charge in [0.1, 0.15) is 0 Å². The number of aryl methyl sites for hydroxylation is 2. The van der Waals surface area contributed by atoms with E-state index in [0.717, 1.165) is 42.9 Å². The van der Waals surface area contributed by atoms with Crippen molar-refractivity contribution >= 4 is 34.4 Å². The maximum atomic E-state index is 13.1. The molecule has 1 aliphatic carbocycles. The summed E-state index contributed by atoms with van der Waals surface area (Å²) in [5, 5.41) is 5.10. The number of fused-ring (bicyclic) bond motifs is 1. The molecule has 1 saturated carbocycles. The van der Waals surface area contributed by atoms with Gasteiger partial charge in [0.15, 0.2) is 11.2 Å². The average molecular weight is 429 g/mol. The molecule has 8 nitrogen and oxygen atoms in total. The van der Waals surface area contributed by atoms with Crippen molar-refractivity contribution in [1.82, 2.24) is 18.7 Å². The first-order chi connectivity index (χ1) is 14.3. The number of nitrogens with zero attached hydrogens (tertiary/aromatic N) is 5. The van der Waals surface area contributed by atoms with Crippen LogP contribution in [0.2, 0.25) is 5.02 Å². The highest BCUT2D eigenvalue weighted by Crippen LogP contribution is 2.22. The van der Waals surface area contributed by atoms with Crippen LogP contribution < -0.4 is 16.7 Å². The Balaban J connectivity index is 1.72. The summed E-state index contributed by atoms with van der Waals surface area (Å²) >= 11 is 5.93. The number of rotatable bonds is 4. The fourth-order valence-electron chi connectivity index (χ4n) is 3.79. The van der Waals surface area contributed by atoms with Gasteiger partial charge >= 0.3 is 5.69 Å². The predicted molar refractivity (Wildman–Crippen MR) is 119 cm³/mol. The van der Waals surface area contributed by atoms with Crippen LogP contribution in [0, 0.1) is 5.92 Å². The number of hydrazone groups is 1. The van der Waals surface area contributed by atoms with Gasteiger partial charge in [0.05, 0.1) is 6.54 Å². The Morgan fingerprint density at radius 1 is 1.13 bits per heavy atom. The molecule has 0 radical (unpaired) electrons. The van der Waals surface area contributed by atoms with E-state index in [0.29, 0.717) is 22.1 Å². The van der Waals surface area contributed by atoms with Gasteiger partial charge in [0, 0.05) is 24.8 Å². The smallest absolute Gasteiger partial charge is 0.306 e. The van der Waals surface area contributed by atoms with Crippen molar-refractivity contribution in [3.8, 4) is 0 Å². The average Bonchev–Trinajstić information content (AvgIpc) is 3.07. The molecule has 1 fully saturated rings. The Hall–Kier alpha value is -2.87. The van der Waals surface area contributed by atoms with E-state index < -0.39 is 5.69 Å². The van der Waals surface area contributed by atoms with Gasteiger partial charge in [-0.05, 0) is 49.3 Å². The van der Waals surface area contributed by atoms with E-state index in [1.165, 1.54) is 9.13 Å². The summed E-state index contributed by atoms with van der Waals surface area (Å²) in [5.41, 5.74) is 4.80. The first-order valence-electron chi connectivity index (χ1n) is 10.1. The van der Waals surface area contributed by atoms with E-state index in [4.69, 9.17) is 11.6 Å². The second-order valence-electron chi connectivity index (χ2n) is 8.00. The summed E-state index contributed by atoms with van der Waals surface area (Å²) in [6, 6.07) is 7.08. The van der Waals surface area contributed by atoms with Crippen molar-refractivity contribution in [1.29, 1.82) is 0 Å². The molecule has 30 heavy (non-hydrogen) atoms. The molecule has 0 spiro atoms. The van der Waals surface area contributed by atoms with Crippen LogP contribution in [0.3, 0.4) is 0 Å². The minimum atomic E-state index is -0.417. The van der Waals surface area contributed by atoms with Gasteiger partial charge in [0.25, 0.3) is 5.56 Å². The van der Waals surface area contributed by atoms with Crippen LogP contribution >= 0.6 is 11.6 Å². The molecule has 0 unspecified atom stereocenters. The van der Waals surface area contributed by atoms with Gasteiger partial charge < -0.3 is 4.57 Å². The quantitative estimate of drug-likeness (QED) is 0.647. The molecular formula is C21H25ClN6O2. The SMILES string of the molecule is CC1CCC(=NNc2nc3c(c(=O)n(Cc4ccc(Cl)cc4)c(=O)n3C)n2C)CC1. The van der Waals surface area contributed by atoms with Gasteiger partial charge in [0.2, 0.25) is 5.95 Å². The molecule has 9 heteroatoms. The Morgan fingerprint density at radius 2 is 1.80 bits per heavy atom. The summed E-state index contributed by atoms with van der Waals surface area (Å²) in [4.78, 5) is 30.5. The van der Waals surface area contributed by atoms with E-state index in [1.807, 2.05) is 0 Å². The zero-order valence-electron chi connectivity index (χ0n) is 17.4. The van der Waals surface area contributed by atoms with E-state index in [-0.39, 0.29) is 12.1 Å². The van der Waals surface area contributed by atoms with Crippen LogP contribution in [-0.2, 0) is 20.6 Å². The monoisotopic (exact) mass is 428 g/mol. The van der Waals surface area contributed by atoms with Crippen molar-refractivity contribution in [2.45, 2.75) is 39.2 Å². The maximum Gasteiger partial charge on any atom is 0.332 e. The fraction of sp³-hybridized carbons (Fsp3) is 0.429. The normalized spacial score (nSPS) is 16.8. The maximum absolute atomic E-state index is 13.1. The summed E-state index contributed by atoms with van der Waals surface area (Å²) < 4.78 is 4.27. The van der Waals surface area contributed by atoms with Crippen LogP contribution in [0.5, 0.6) is 0 Å². The first kappa shape index (κ1) is 20.4. The van der Waals surface area contributed by atoms with E-state index in [1.54, 1.807) is 42.9 Å². The van der Waals surface area contributed by atoms with E-state index in [9.17, 15) is 9.59 Å². The first-order valence-corrected chi connectivity index (χ1v) is 10.4. The minimum absolute atomic E-state index is 0.160. The Bertz CT molecular complexity index is 1230. The molecule has 1 aliphatic rings. The summed E-state index contributed by atoms with van der Waals surface area (Å²) in [5.74, 6) is 1.17. The number of hydrogen-bond donors (Lipinski definition) is 1. The van der Waals surface area contributed by atoms with Crippen molar-refractivity contribution in [3.05, 3.63) is 55.7 Å². The fourth-order valence-corrected chi connectivity index (χ4v) is 3.92. The van der Waals surface area contributed by atoms with Crippen molar-refractivity contribution in [2.24, 2.45) is 25.1 Å².